The number of nitrogens with one attached hydrogen (secondary N) is 2. The van der Waals surface area contributed by atoms with Crippen molar-refractivity contribution >= 4 is 11.6 Å². The lowest BCUT2D eigenvalue weighted by molar-refractivity contribution is -0.144. The van der Waals surface area contributed by atoms with Crippen LogP contribution in [0, 0.1) is 0 Å². The van der Waals surface area contributed by atoms with Crippen molar-refractivity contribution in [2.24, 2.45) is 0 Å². The quantitative estimate of drug-likeness (QED) is 0.903. The Morgan fingerprint density at radius 3 is 2.35 bits per heavy atom. The van der Waals surface area contributed by atoms with E-state index in [1.165, 1.54) is 13.1 Å². The van der Waals surface area contributed by atoms with Gasteiger partial charge in [0.2, 0.25) is 5.82 Å². The molecule has 0 unspecified atom stereocenters. The van der Waals surface area contributed by atoms with Gasteiger partial charge in [-0.15, -0.1) is 0 Å². The molecular formula is C12H12F3N5. The maximum Gasteiger partial charge on any atom is 0.451 e. The Hall–Kier alpha value is -2.38. The molecule has 0 aliphatic carbocycles. The summed E-state index contributed by atoms with van der Waals surface area (Å²) in [4.78, 5) is 10.7. The highest BCUT2D eigenvalue weighted by Gasteiger charge is 2.35. The largest absolute Gasteiger partial charge is 0.451 e. The number of rotatable bonds is 4. The Morgan fingerprint density at radius 1 is 1.10 bits per heavy atom. The average Bonchev–Trinajstić information content (AvgIpc) is 2.45. The van der Waals surface area contributed by atoms with Gasteiger partial charge in [-0.3, -0.25) is 4.98 Å². The van der Waals surface area contributed by atoms with Gasteiger partial charge in [-0.2, -0.15) is 13.2 Å². The lowest BCUT2D eigenvalue weighted by atomic mass is 10.3. The minimum atomic E-state index is -4.58. The van der Waals surface area contributed by atoms with E-state index in [2.05, 4.69) is 25.6 Å². The van der Waals surface area contributed by atoms with Crippen LogP contribution in [0.15, 0.2) is 30.6 Å². The number of pyridine rings is 1. The smallest absolute Gasteiger partial charge is 0.373 e. The number of anilines is 2. The minimum Gasteiger partial charge on any atom is -0.373 e. The van der Waals surface area contributed by atoms with Gasteiger partial charge in [0.1, 0.15) is 11.6 Å². The molecule has 0 aliphatic heterocycles. The Balaban J connectivity index is 2.19. The van der Waals surface area contributed by atoms with Gasteiger partial charge in [0.15, 0.2) is 0 Å². The van der Waals surface area contributed by atoms with Crippen molar-refractivity contribution in [2.75, 3.05) is 17.7 Å². The minimum absolute atomic E-state index is 0.101. The number of hydrogen-bond donors (Lipinski definition) is 2. The molecule has 2 heterocycles. The zero-order chi connectivity index (χ0) is 14.6. The van der Waals surface area contributed by atoms with E-state index in [9.17, 15) is 13.2 Å². The summed E-state index contributed by atoms with van der Waals surface area (Å²) in [5, 5.41) is 5.41. The fraction of sp³-hybridized carbons (Fsp3) is 0.250. The van der Waals surface area contributed by atoms with E-state index < -0.39 is 12.0 Å². The molecule has 0 aliphatic rings. The molecule has 2 aromatic heterocycles. The van der Waals surface area contributed by atoms with Crippen molar-refractivity contribution in [1.82, 2.24) is 15.0 Å². The third kappa shape index (κ3) is 3.56. The monoisotopic (exact) mass is 283 g/mol. The predicted molar refractivity (Wildman–Crippen MR) is 68.1 cm³/mol. The molecule has 0 radical (unpaired) electrons. The van der Waals surface area contributed by atoms with Gasteiger partial charge in [-0.05, 0) is 17.7 Å². The van der Waals surface area contributed by atoms with Crippen LogP contribution in [0.1, 0.15) is 11.4 Å². The summed E-state index contributed by atoms with van der Waals surface area (Å²) in [5.74, 6) is -0.973. The molecule has 0 atom stereocenters. The number of hydrogen-bond acceptors (Lipinski definition) is 5. The third-order valence-electron chi connectivity index (χ3n) is 2.46. The molecule has 0 spiro atoms. The van der Waals surface area contributed by atoms with Gasteiger partial charge in [0.05, 0.1) is 0 Å². The summed E-state index contributed by atoms with van der Waals surface area (Å²) in [7, 11) is 1.50. The predicted octanol–water partition coefficient (Wildman–Crippen LogP) is 2.54. The SMILES string of the molecule is CNc1cc(NCc2ccncc2)nc(C(F)(F)F)n1. The molecule has 0 fully saturated rings. The zero-order valence-electron chi connectivity index (χ0n) is 10.6. The topological polar surface area (TPSA) is 62.7 Å². The Kier molecular flexibility index (Phi) is 4.02. The first-order chi connectivity index (χ1) is 9.49. The Labute approximate surface area is 113 Å². The fourth-order valence-corrected chi connectivity index (χ4v) is 1.49. The molecular weight excluding hydrogens is 271 g/mol. The van der Waals surface area contributed by atoms with Crippen molar-refractivity contribution in [3.8, 4) is 0 Å². The molecule has 106 valence electrons. The maximum absolute atomic E-state index is 12.7. The second-order valence-electron chi connectivity index (χ2n) is 3.92. The highest BCUT2D eigenvalue weighted by molar-refractivity contribution is 5.47. The maximum atomic E-state index is 12.7. The van der Waals surface area contributed by atoms with Gasteiger partial charge in [0, 0.05) is 32.1 Å². The number of alkyl halides is 3. The average molecular weight is 283 g/mol. The molecule has 5 nitrogen and oxygen atoms in total. The van der Waals surface area contributed by atoms with Gasteiger partial charge in [-0.1, -0.05) is 0 Å². The first-order valence-corrected chi connectivity index (χ1v) is 5.76. The van der Waals surface area contributed by atoms with E-state index in [0.29, 0.717) is 6.54 Å². The highest BCUT2D eigenvalue weighted by Crippen LogP contribution is 2.28. The Bertz CT molecular complexity index is 571. The van der Waals surface area contributed by atoms with E-state index >= 15 is 0 Å². The summed E-state index contributed by atoms with van der Waals surface area (Å²) in [6.45, 7) is 0.347. The molecule has 2 aromatic rings. The molecule has 0 amide bonds. The molecule has 0 aromatic carbocycles. The van der Waals surface area contributed by atoms with Gasteiger partial charge in [0.25, 0.3) is 0 Å². The molecule has 20 heavy (non-hydrogen) atoms. The van der Waals surface area contributed by atoms with Crippen LogP contribution in [0.4, 0.5) is 24.8 Å². The van der Waals surface area contributed by atoms with Crippen molar-refractivity contribution in [2.45, 2.75) is 12.7 Å². The first kappa shape index (κ1) is 14.0. The van der Waals surface area contributed by atoms with Gasteiger partial charge >= 0.3 is 6.18 Å². The van der Waals surface area contributed by atoms with E-state index in [1.807, 2.05) is 0 Å². The lowest BCUT2D eigenvalue weighted by Gasteiger charge is -2.11. The second kappa shape index (κ2) is 5.72. The molecule has 2 rings (SSSR count). The van der Waals surface area contributed by atoms with Gasteiger partial charge < -0.3 is 10.6 Å². The standard InChI is InChI=1S/C12H12F3N5/c1-16-9-6-10(20-11(19-9)12(13,14)15)18-7-8-2-4-17-5-3-8/h2-6H,7H2,1H3,(H2,16,18,19,20). The van der Waals surface area contributed by atoms with Crippen LogP contribution in [0.2, 0.25) is 0 Å². The summed E-state index contributed by atoms with van der Waals surface area (Å²) in [5.41, 5.74) is 0.887. The Morgan fingerprint density at radius 2 is 1.75 bits per heavy atom. The van der Waals surface area contributed by atoms with E-state index in [1.54, 1.807) is 24.5 Å². The number of nitrogens with zero attached hydrogens (tertiary/aromatic N) is 3. The van der Waals surface area contributed by atoms with Crippen LogP contribution in [-0.4, -0.2) is 22.0 Å². The van der Waals surface area contributed by atoms with Crippen LogP contribution < -0.4 is 10.6 Å². The summed E-state index contributed by atoms with van der Waals surface area (Å²) in [6.07, 6.45) is -1.37. The van der Waals surface area contributed by atoms with Crippen molar-refractivity contribution < 1.29 is 13.2 Å². The van der Waals surface area contributed by atoms with Crippen LogP contribution in [0.25, 0.3) is 0 Å². The van der Waals surface area contributed by atoms with Crippen molar-refractivity contribution in [1.29, 1.82) is 0 Å². The van der Waals surface area contributed by atoms with E-state index in [0.717, 1.165) is 5.56 Å². The summed E-state index contributed by atoms with van der Waals surface area (Å²) in [6, 6.07) is 4.94. The molecule has 2 N–H and O–H groups in total. The summed E-state index contributed by atoms with van der Waals surface area (Å²) >= 11 is 0. The molecule has 0 bridgehead atoms. The normalized spacial score (nSPS) is 11.2. The lowest BCUT2D eigenvalue weighted by Crippen LogP contribution is -2.14. The molecule has 8 heteroatoms. The number of aromatic nitrogens is 3. The van der Waals surface area contributed by atoms with E-state index in [4.69, 9.17) is 0 Å². The van der Waals surface area contributed by atoms with Crippen LogP contribution in [0.3, 0.4) is 0 Å². The van der Waals surface area contributed by atoms with Gasteiger partial charge in [-0.25, -0.2) is 9.97 Å². The molecule has 0 saturated heterocycles. The second-order valence-corrected chi connectivity index (χ2v) is 3.92. The van der Waals surface area contributed by atoms with Crippen LogP contribution >= 0.6 is 0 Å². The third-order valence-corrected chi connectivity index (χ3v) is 2.46. The first-order valence-electron chi connectivity index (χ1n) is 5.76. The van der Waals surface area contributed by atoms with Crippen molar-refractivity contribution in [3.63, 3.8) is 0 Å². The molecule has 0 saturated carbocycles. The van der Waals surface area contributed by atoms with Crippen molar-refractivity contribution in [3.05, 3.63) is 42.0 Å². The zero-order valence-corrected chi connectivity index (χ0v) is 10.6. The number of halogens is 3. The summed E-state index contributed by atoms with van der Waals surface area (Å²) < 4.78 is 38.0. The van der Waals surface area contributed by atoms with Crippen LogP contribution in [0.5, 0.6) is 0 Å². The van der Waals surface area contributed by atoms with E-state index in [-0.39, 0.29) is 11.6 Å². The van der Waals surface area contributed by atoms with Crippen LogP contribution in [-0.2, 0) is 12.7 Å². The fourth-order valence-electron chi connectivity index (χ4n) is 1.49. The highest BCUT2D eigenvalue weighted by atomic mass is 19.4.